The predicted molar refractivity (Wildman–Crippen MR) is 234 cm³/mol. The first-order chi connectivity index (χ1) is 31.3. The van der Waals surface area contributed by atoms with E-state index in [0.29, 0.717) is 40.4 Å². The van der Waals surface area contributed by atoms with Gasteiger partial charge in [-0.1, -0.05) is 36.4 Å². The van der Waals surface area contributed by atoms with Gasteiger partial charge in [0, 0.05) is 43.9 Å². The Kier molecular flexibility index (Phi) is 16.5. The van der Waals surface area contributed by atoms with Crippen molar-refractivity contribution in [2.75, 3.05) is 65.9 Å². The van der Waals surface area contributed by atoms with E-state index in [1.54, 1.807) is 88.7 Å². The van der Waals surface area contributed by atoms with Gasteiger partial charge in [0.05, 0.1) is 72.6 Å². The Morgan fingerprint density at radius 1 is 0.697 bits per heavy atom. The summed E-state index contributed by atoms with van der Waals surface area (Å²) in [6.45, 7) is 0.163. The standard InChI is InChI=1S/C22H23F4N5O3S.C21H26F2N4O3S/c23-19(24)21-29-28-20(34-21)16-7-8-17(27-13-16)14-31(18-5-2-1-3-6-18)35(32,33)12-4-10-30-11-9-22(25,26)15-30;22-21(23)9-11-26(16-21)10-4-12-31(29,30)27(19-5-2-1-3-6-19)15-18-8-7-17(14-25-18)20(28)13-24/h1-3,5-8,13,19H,4,9-12,14-15H2;1-3,5-8,14H,4,9-13,15-16,24H2. The minimum Gasteiger partial charge on any atom is -0.415 e. The first-order valence-corrected chi connectivity index (χ1v) is 24.1. The number of rotatable bonds is 20. The van der Waals surface area contributed by atoms with Crippen LogP contribution in [-0.2, 0) is 33.1 Å². The number of halogens is 6. The molecule has 5 heterocycles. The number of Topliss-reactive ketones (excluding diaryl/α,β-unsaturated/α-hetero) is 1. The maximum absolute atomic E-state index is 13.4. The number of likely N-dealkylation sites (tertiary alicyclic amines) is 2. The number of para-hydroxylation sites is 2. The number of nitrogens with two attached hydrogens (primary N) is 1. The third-order valence-corrected chi connectivity index (χ3v) is 14.3. The molecule has 2 N–H and O–H groups in total. The van der Waals surface area contributed by atoms with Gasteiger partial charge in [0.2, 0.25) is 25.9 Å². The average Bonchev–Trinajstić information content (AvgIpc) is 4.03. The summed E-state index contributed by atoms with van der Waals surface area (Å²) >= 11 is 0. The fraction of sp³-hybridized carbons (Fsp3) is 0.419. The third kappa shape index (κ3) is 14.0. The van der Waals surface area contributed by atoms with E-state index in [9.17, 15) is 48.0 Å². The molecule has 0 aliphatic carbocycles. The summed E-state index contributed by atoms with van der Waals surface area (Å²) in [7, 11) is -7.54. The van der Waals surface area contributed by atoms with Crippen LogP contribution in [0.15, 0.2) is 102 Å². The van der Waals surface area contributed by atoms with Gasteiger partial charge in [-0.2, -0.15) is 8.78 Å². The van der Waals surface area contributed by atoms with E-state index < -0.39 is 44.2 Å². The SMILES string of the molecule is NCC(=O)c1ccc(CN(c2ccccc2)S(=O)(=O)CCCN2CCC(F)(F)C2)nc1.O=S(=O)(CCCN1CCC(F)(F)C1)N(Cc1ccc(-c2nnc(C(F)F)o2)cn1)c1ccccc1. The number of pyridine rings is 2. The van der Waals surface area contributed by atoms with Crippen LogP contribution < -0.4 is 14.3 Å². The highest BCUT2D eigenvalue weighted by Gasteiger charge is 2.39. The molecule has 0 atom stereocenters. The third-order valence-electron chi connectivity index (χ3n) is 10.7. The van der Waals surface area contributed by atoms with Gasteiger partial charge in [0.25, 0.3) is 17.7 Å². The number of nitrogens with zero attached hydrogens (tertiary/aromatic N) is 8. The number of ketones is 1. The summed E-state index contributed by atoms with van der Waals surface area (Å²) in [6, 6.07) is 23.3. The Balaban J connectivity index is 0.000000220. The quantitative estimate of drug-likeness (QED) is 0.0665. The lowest BCUT2D eigenvalue weighted by molar-refractivity contribution is 0.0116. The molecular formula is C43H49F6N9O6S2. The van der Waals surface area contributed by atoms with Gasteiger partial charge < -0.3 is 10.2 Å². The first kappa shape index (κ1) is 49.9. The van der Waals surface area contributed by atoms with Crippen molar-refractivity contribution in [3.05, 3.63) is 120 Å². The molecule has 23 heteroatoms. The molecule has 0 spiro atoms. The van der Waals surface area contributed by atoms with Crippen molar-refractivity contribution in [2.45, 2.75) is 57.0 Å². The van der Waals surface area contributed by atoms with Crippen LogP contribution in [-0.4, -0.2) is 122 Å². The van der Waals surface area contributed by atoms with Gasteiger partial charge in [0.15, 0.2) is 5.78 Å². The largest absolute Gasteiger partial charge is 0.415 e. The maximum atomic E-state index is 13.4. The Bertz CT molecular complexity index is 2560. The van der Waals surface area contributed by atoms with Crippen molar-refractivity contribution in [2.24, 2.45) is 5.73 Å². The number of sulfonamides is 2. The molecule has 2 aromatic carbocycles. The number of aromatic nitrogens is 4. The number of alkyl halides is 6. The summed E-state index contributed by atoms with van der Waals surface area (Å²) in [4.78, 5) is 23.3. The molecule has 2 aliphatic heterocycles. The maximum Gasteiger partial charge on any atom is 0.314 e. The normalized spacial score (nSPS) is 16.2. The Hall–Kier alpha value is -5.49. The molecule has 2 fully saturated rings. The van der Waals surface area contributed by atoms with Gasteiger partial charge in [0.1, 0.15) is 0 Å². The van der Waals surface area contributed by atoms with E-state index in [1.165, 1.54) is 27.1 Å². The molecule has 356 valence electrons. The first-order valence-electron chi connectivity index (χ1n) is 20.9. The predicted octanol–water partition coefficient (Wildman–Crippen LogP) is 6.43. The number of carbonyl (C=O) groups excluding carboxylic acids is 1. The van der Waals surface area contributed by atoms with E-state index in [-0.39, 0.29) is 101 Å². The van der Waals surface area contributed by atoms with E-state index >= 15 is 0 Å². The van der Waals surface area contributed by atoms with Crippen molar-refractivity contribution in [3.8, 4) is 11.5 Å². The van der Waals surface area contributed by atoms with Crippen LogP contribution in [0.5, 0.6) is 0 Å². The molecule has 0 radical (unpaired) electrons. The summed E-state index contributed by atoms with van der Waals surface area (Å²) in [5, 5.41) is 6.84. The van der Waals surface area contributed by atoms with Crippen LogP contribution >= 0.6 is 0 Å². The molecule has 66 heavy (non-hydrogen) atoms. The van der Waals surface area contributed by atoms with E-state index in [2.05, 4.69) is 20.2 Å². The number of benzene rings is 2. The Labute approximate surface area is 378 Å². The second-order valence-electron chi connectivity index (χ2n) is 15.7. The van der Waals surface area contributed by atoms with Crippen molar-refractivity contribution in [1.82, 2.24) is 30.0 Å². The van der Waals surface area contributed by atoms with Crippen LogP contribution in [0, 0.1) is 0 Å². The molecule has 2 saturated heterocycles. The summed E-state index contributed by atoms with van der Waals surface area (Å²) < 4.78 is 139. The van der Waals surface area contributed by atoms with E-state index in [4.69, 9.17) is 10.2 Å². The van der Waals surface area contributed by atoms with Crippen LogP contribution in [0.1, 0.15) is 59.7 Å². The number of hydrogen-bond donors (Lipinski definition) is 1. The van der Waals surface area contributed by atoms with Crippen molar-refractivity contribution in [1.29, 1.82) is 0 Å². The average molecular weight is 966 g/mol. The van der Waals surface area contributed by atoms with Crippen molar-refractivity contribution < 1.29 is 52.4 Å². The lowest BCUT2D eigenvalue weighted by Crippen LogP contribution is -2.34. The van der Waals surface area contributed by atoms with Crippen molar-refractivity contribution in [3.63, 3.8) is 0 Å². The number of carbonyl (C=O) groups is 1. The van der Waals surface area contributed by atoms with Crippen LogP contribution in [0.25, 0.3) is 11.5 Å². The molecule has 7 rings (SSSR count). The Morgan fingerprint density at radius 3 is 1.56 bits per heavy atom. The highest BCUT2D eigenvalue weighted by Crippen LogP contribution is 2.29. The summed E-state index contributed by atoms with van der Waals surface area (Å²) in [5.74, 6) is -7.00. The molecule has 0 saturated carbocycles. The minimum absolute atomic E-state index is 0.00870. The monoisotopic (exact) mass is 965 g/mol. The van der Waals surface area contributed by atoms with Crippen LogP contribution in [0.3, 0.4) is 0 Å². The van der Waals surface area contributed by atoms with E-state index in [0.717, 1.165) is 0 Å². The highest BCUT2D eigenvalue weighted by molar-refractivity contribution is 7.93. The van der Waals surface area contributed by atoms with E-state index in [1.807, 2.05) is 0 Å². The molecule has 5 aromatic rings. The van der Waals surface area contributed by atoms with Gasteiger partial charge in [-0.25, -0.2) is 34.4 Å². The second-order valence-corrected chi connectivity index (χ2v) is 19.8. The lowest BCUT2D eigenvalue weighted by Gasteiger charge is -2.25. The molecule has 15 nitrogen and oxygen atoms in total. The molecule has 0 unspecified atom stereocenters. The fourth-order valence-electron chi connectivity index (χ4n) is 7.23. The minimum atomic E-state index is -3.81. The Morgan fingerprint density at radius 2 is 1.18 bits per heavy atom. The van der Waals surface area contributed by atoms with Gasteiger partial charge in [-0.3, -0.25) is 33.2 Å². The van der Waals surface area contributed by atoms with Crippen molar-refractivity contribution >= 4 is 37.2 Å². The highest BCUT2D eigenvalue weighted by atomic mass is 32.2. The molecule has 2 aliphatic rings. The zero-order valence-corrected chi connectivity index (χ0v) is 37.2. The molecule has 0 bridgehead atoms. The van der Waals surface area contributed by atoms with Gasteiger partial charge in [-0.05, 0) is 74.5 Å². The number of hydrogen-bond acceptors (Lipinski definition) is 13. The summed E-state index contributed by atoms with van der Waals surface area (Å²) in [5.41, 5.74) is 7.82. The van der Waals surface area contributed by atoms with Crippen LogP contribution in [0.2, 0.25) is 0 Å². The van der Waals surface area contributed by atoms with Gasteiger partial charge >= 0.3 is 6.43 Å². The smallest absolute Gasteiger partial charge is 0.314 e. The zero-order chi connectivity index (χ0) is 47.5. The van der Waals surface area contributed by atoms with Gasteiger partial charge in [-0.15, -0.1) is 10.2 Å². The molecule has 0 amide bonds. The summed E-state index contributed by atoms with van der Waals surface area (Å²) in [6.07, 6.45) is -0.129. The zero-order valence-electron chi connectivity index (χ0n) is 35.6. The molecule has 3 aromatic heterocycles. The number of anilines is 2. The lowest BCUT2D eigenvalue weighted by atomic mass is 10.2. The topological polar surface area (TPSA) is 189 Å². The van der Waals surface area contributed by atoms with Crippen LogP contribution in [0.4, 0.5) is 37.7 Å². The second kappa shape index (κ2) is 21.9. The fourth-order valence-corrected chi connectivity index (χ4v) is 10.2. The molecular weight excluding hydrogens is 917 g/mol.